The van der Waals surface area contributed by atoms with Crippen LogP contribution >= 0.6 is 27.5 Å². The van der Waals surface area contributed by atoms with Gasteiger partial charge in [0, 0.05) is 17.1 Å². The van der Waals surface area contributed by atoms with Gasteiger partial charge in [-0.2, -0.15) is 0 Å². The van der Waals surface area contributed by atoms with Gasteiger partial charge in [0.1, 0.15) is 12.4 Å². The summed E-state index contributed by atoms with van der Waals surface area (Å²) in [4.78, 5) is 11.6. The molecular formula is C17H15BrClNO3. The van der Waals surface area contributed by atoms with Crippen molar-refractivity contribution < 1.29 is 14.6 Å². The highest BCUT2D eigenvalue weighted by Gasteiger charge is 2.05. The lowest BCUT2D eigenvalue weighted by molar-refractivity contribution is 0.141. The first-order valence-electron chi connectivity index (χ1n) is 6.85. The van der Waals surface area contributed by atoms with Crippen LogP contribution in [0.4, 0.5) is 4.79 Å². The van der Waals surface area contributed by atoms with E-state index in [1.807, 2.05) is 30.3 Å². The maximum absolute atomic E-state index is 11.6. The highest BCUT2D eigenvalue weighted by Crippen LogP contribution is 2.32. The summed E-state index contributed by atoms with van der Waals surface area (Å²) in [5.41, 5.74) is 1.48. The fraction of sp³-hybridized carbons (Fsp3) is 0.118. The molecule has 0 aliphatic carbocycles. The lowest BCUT2D eigenvalue weighted by atomic mass is 10.2. The lowest BCUT2D eigenvalue weighted by Gasteiger charge is -2.05. The number of rotatable bonds is 5. The van der Waals surface area contributed by atoms with E-state index in [1.165, 1.54) is 0 Å². The van der Waals surface area contributed by atoms with E-state index < -0.39 is 6.09 Å². The molecule has 0 unspecified atom stereocenters. The van der Waals surface area contributed by atoms with E-state index in [0.717, 1.165) is 5.56 Å². The summed E-state index contributed by atoms with van der Waals surface area (Å²) in [5.74, 6) is 0.0947. The van der Waals surface area contributed by atoms with Gasteiger partial charge >= 0.3 is 6.09 Å². The first-order chi connectivity index (χ1) is 11.1. The van der Waals surface area contributed by atoms with E-state index in [2.05, 4.69) is 21.2 Å². The summed E-state index contributed by atoms with van der Waals surface area (Å²) in [6, 6.07) is 12.7. The number of nitrogens with one attached hydrogen (secondary N) is 1. The smallest absolute Gasteiger partial charge is 0.407 e. The number of phenols is 1. The molecule has 0 spiro atoms. The average Bonchev–Trinajstić information content (AvgIpc) is 2.54. The molecule has 6 heteroatoms. The fourth-order valence-corrected chi connectivity index (χ4v) is 2.65. The number of hydrogen-bond acceptors (Lipinski definition) is 3. The van der Waals surface area contributed by atoms with Crippen LogP contribution in [0.2, 0.25) is 5.02 Å². The Balaban J connectivity index is 1.79. The SMILES string of the molecule is O=C(NCC=Cc1cc(Cl)cc(Br)c1O)OCc1ccccc1. The van der Waals surface area contributed by atoms with Crippen molar-refractivity contribution >= 4 is 39.7 Å². The molecule has 0 bridgehead atoms. The third kappa shape index (κ3) is 5.62. The van der Waals surface area contributed by atoms with Crippen LogP contribution in [0.3, 0.4) is 0 Å². The standard InChI is InChI=1S/C17H15BrClNO3/c18-15-10-14(19)9-13(16(15)21)7-4-8-20-17(22)23-11-12-5-2-1-3-6-12/h1-7,9-10,21H,8,11H2,(H,20,22). The number of alkyl carbamates (subject to hydrolysis) is 1. The first-order valence-corrected chi connectivity index (χ1v) is 8.02. The van der Waals surface area contributed by atoms with Crippen molar-refractivity contribution in [1.82, 2.24) is 5.32 Å². The second-order valence-corrected chi connectivity index (χ2v) is 5.96. The first kappa shape index (κ1) is 17.4. The summed E-state index contributed by atoms with van der Waals surface area (Å²) < 4.78 is 5.59. The van der Waals surface area contributed by atoms with Crippen molar-refractivity contribution in [2.75, 3.05) is 6.54 Å². The van der Waals surface area contributed by atoms with Gasteiger partial charge in [-0.05, 0) is 33.6 Å². The number of ether oxygens (including phenoxy) is 1. The fourth-order valence-electron chi connectivity index (χ4n) is 1.82. The third-order valence-corrected chi connectivity index (χ3v) is 3.75. The van der Waals surface area contributed by atoms with Crippen molar-refractivity contribution in [3.05, 3.63) is 69.2 Å². The monoisotopic (exact) mass is 395 g/mol. The van der Waals surface area contributed by atoms with Crippen LogP contribution in [-0.4, -0.2) is 17.7 Å². The number of carbonyl (C=O) groups excluding carboxylic acids is 1. The van der Waals surface area contributed by atoms with Crippen molar-refractivity contribution in [2.45, 2.75) is 6.61 Å². The largest absolute Gasteiger partial charge is 0.506 e. The van der Waals surface area contributed by atoms with Crippen LogP contribution in [0, 0.1) is 0 Å². The Morgan fingerprint density at radius 2 is 2.04 bits per heavy atom. The van der Waals surface area contributed by atoms with E-state index in [4.69, 9.17) is 16.3 Å². The van der Waals surface area contributed by atoms with Crippen molar-refractivity contribution in [3.8, 4) is 5.75 Å². The Hall–Kier alpha value is -1.98. The van der Waals surface area contributed by atoms with E-state index in [0.29, 0.717) is 15.1 Å². The Morgan fingerprint density at radius 1 is 1.30 bits per heavy atom. The lowest BCUT2D eigenvalue weighted by Crippen LogP contribution is -2.24. The molecule has 0 saturated heterocycles. The van der Waals surface area contributed by atoms with Crippen molar-refractivity contribution in [2.24, 2.45) is 0 Å². The van der Waals surface area contributed by atoms with Gasteiger partial charge in [0.05, 0.1) is 4.47 Å². The van der Waals surface area contributed by atoms with Crippen LogP contribution < -0.4 is 5.32 Å². The Bertz CT molecular complexity index is 704. The number of hydrogen-bond donors (Lipinski definition) is 2. The second kappa shape index (κ2) is 8.60. The second-order valence-electron chi connectivity index (χ2n) is 4.67. The molecule has 2 aromatic carbocycles. The number of carbonyl (C=O) groups is 1. The number of halogens is 2. The molecule has 0 aliphatic rings. The Kier molecular flexibility index (Phi) is 6.50. The van der Waals surface area contributed by atoms with Gasteiger partial charge in [-0.15, -0.1) is 0 Å². The number of amides is 1. The molecule has 2 rings (SSSR count). The highest BCUT2D eigenvalue weighted by molar-refractivity contribution is 9.10. The normalized spacial score (nSPS) is 10.7. The Labute approximate surface area is 147 Å². The molecule has 0 aliphatic heterocycles. The third-order valence-electron chi connectivity index (χ3n) is 2.93. The number of phenolic OH excluding ortho intramolecular Hbond substituents is 1. The highest BCUT2D eigenvalue weighted by atomic mass is 79.9. The Morgan fingerprint density at radius 3 is 2.78 bits per heavy atom. The summed E-state index contributed by atoms with van der Waals surface area (Å²) >= 11 is 9.13. The molecule has 120 valence electrons. The van der Waals surface area contributed by atoms with E-state index in [-0.39, 0.29) is 18.9 Å². The minimum absolute atomic E-state index is 0.0947. The van der Waals surface area contributed by atoms with Crippen LogP contribution in [-0.2, 0) is 11.3 Å². The molecule has 0 saturated carbocycles. The van der Waals surface area contributed by atoms with Gasteiger partial charge in [-0.1, -0.05) is 54.1 Å². The average molecular weight is 397 g/mol. The zero-order valence-electron chi connectivity index (χ0n) is 12.1. The molecule has 0 heterocycles. The minimum Gasteiger partial charge on any atom is -0.506 e. The van der Waals surface area contributed by atoms with Gasteiger partial charge < -0.3 is 15.2 Å². The van der Waals surface area contributed by atoms with Crippen LogP contribution in [0.5, 0.6) is 5.75 Å². The summed E-state index contributed by atoms with van der Waals surface area (Å²) in [5, 5.41) is 13.0. The van der Waals surface area contributed by atoms with Gasteiger partial charge in [0.15, 0.2) is 0 Å². The van der Waals surface area contributed by atoms with Gasteiger partial charge in [-0.3, -0.25) is 0 Å². The zero-order valence-corrected chi connectivity index (χ0v) is 14.5. The van der Waals surface area contributed by atoms with Crippen LogP contribution in [0.1, 0.15) is 11.1 Å². The molecular weight excluding hydrogens is 382 g/mol. The van der Waals surface area contributed by atoms with Crippen molar-refractivity contribution in [1.29, 1.82) is 0 Å². The molecule has 0 fully saturated rings. The van der Waals surface area contributed by atoms with Gasteiger partial charge in [-0.25, -0.2) is 4.79 Å². The summed E-state index contributed by atoms with van der Waals surface area (Å²) in [6.07, 6.45) is 2.86. The molecule has 0 radical (unpaired) electrons. The van der Waals surface area contributed by atoms with Crippen LogP contribution in [0.25, 0.3) is 6.08 Å². The zero-order chi connectivity index (χ0) is 16.7. The molecule has 0 atom stereocenters. The van der Waals surface area contributed by atoms with E-state index >= 15 is 0 Å². The molecule has 1 amide bonds. The van der Waals surface area contributed by atoms with Gasteiger partial charge in [0.25, 0.3) is 0 Å². The van der Waals surface area contributed by atoms with Gasteiger partial charge in [0.2, 0.25) is 0 Å². The number of benzene rings is 2. The topological polar surface area (TPSA) is 58.6 Å². The molecule has 0 aromatic heterocycles. The summed E-state index contributed by atoms with van der Waals surface area (Å²) in [6.45, 7) is 0.496. The molecule has 4 nitrogen and oxygen atoms in total. The van der Waals surface area contributed by atoms with Crippen LogP contribution in [0.15, 0.2) is 53.0 Å². The van der Waals surface area contributed by atoms with E-state index in [9.17, 15) is 9.90 Å². The number of aromatic hydroxyl groups is 1. The molecule has 2 N–H and O–H groups in total. The maximum atomic E-state index is 11.6. The maximum Gasteiger partial charge on any atom is 0.407 e. The quantitative estimate of drug-likeness (QED) is 0.767. The van der Waals surface area contributed by atoms with Crippen molar-refractivity contribution in [3.63, 3.8) is 0 Å². The minimum atomic E-state index is -0.505. The summed E-state index contributed by atoms with van der Waals surface area (Å²) in [7, 11) is 0. The van der Waals surface area contributed by atoms with E-state index in [1.54, 1.807) is 24.3 Å². The molecule has 2 aromatic rings. The molecule has 23 heavy (non-hydrogen) atoms. The predicted octanol–water partition coefficient (Wildman–Crippen LogP) is 4.75. The predicted molar refractivity (Wildman–Crippen MR) is 94.5 cm³/mol.